The molecule has 1 N–H and O–H groups in total. The third kappa shape index (κ3) is 3.62. The van der Waals surface area contributed by atoms with E-state index < -0.39 is 0 Å². The number of benzene rings is 2. The van der Waals surface area contributed by atoms with Crippen molar-refractivity contribution in [3.05, 3.63) is 74.9 Å². The first-order valence-corrected chi connectivity index (χ1v) is 8.55. The topological polar surface area (TPSA) is 25.2 Å². The Morgan fingerprint density at radius 2 is 1.73 bits per heavy atom. The standard InChI is InChI=1S/C18H15Br2NO/c1-12-10-13(2-8-17(12)20)18-9-7-16(22-18)11-21-15-5-3-14(19)4-6-15/h2-10,21H,11H2,1H3. The van der Waals surface area contributed by atoms with Gasteiger partial charge in [-0.05, 0) is 61.0 Å². The fourth-order valence-corrected chi connectivity index (χ4v) is 2.69. The Kier molecular flexibility index (Phi) is 4.69. The molecule has 0 saturated heterocycles. The van der Waals surface area contributed by atoms with Gasteiger partial charge in [0.25, 0.3) is 0 Å². The fraction of sp³-hybridized carbons (Fsp3) is 0.111. The molecule has 0 unspecified atom stereocenters. The number of aryl methyl sites for hydroxylation is 1. The average molecular weight is 421 g/mol. The van der Waals surface area contributed by atoms with Gasteiger partial charge in [-0.15, -0.1) is 0 Å². The molecule has 0 aliphatic heterocycles. The van der Waals surface area contributed by atoms with E-state index in [2.05, 4.69) is 56.2 Å². The first kappa shape index (κ1) is 15.4. The van der Waals surface area contributed by atoms with Crippen molar-refractivity contribution in [2.24, 2.45) is 0 Å². The van der Waals surface area contributed by atoms with Crippen LogP contribution in [0.2, 0.25) is 0 Å². The molecule has 4 heteroatoms. The monoisotopic (exact) mass is 419 g/mol. The van der Waals surface area contributed by atoms with Gasteiger partial charge in [0.1, 0.15) is 11.5 Å². The summed E-state index contributed by atoms with van der Waals surface area (Å²) in [4.78, 5) is 0. The number of hydrogen-bond donors (Lipinski definition) is 1. The van der Waals surface area contributed by atoms with Crippen molar-refractivity contribution in [2.75, 3.05) is 5.32 Å². The lowest BCUT2D eigenvalue weighted by atomic mass is 10.1. The normalized spacial score (nSPS) is 10.7. The summed E-state index contributed by atoms with van der Waals surface area (Å²) < 4.78 is 8.11. The number of furan rings is 1. The van der Waals surface area contributed by atoms with E-state index in [4.69, 9.17) is 4.42 Å². The minimum Gasteiger partial charge on any atom is -0.459 e. The lowest BCUT2D eigenvalue weighted by Crippen LogP contribution is -1.97. The first-order chi connectivity index (χ1) is 10.6. The van der Waals surface area contributed by atoms with Crippen LogP contribution in [0.25, 0.3) is 11.3 Å². The maximum atomic E-state index is 5.92. The Morgan fingerprint density at radius 1 is 0.955 bits per heavy atom. The average Bonchev–Trinajstić information content (AvgIpc) is 2.98. The Morgan fingerprint density at radius 3 is 2.45 bits per heavy atom. The van der Waals surface area contributed by atoms with Gasteiger partial charge >= 0.3 is 0 Å². The van der Waals surface area contributed by atoms with Crippen LogP contribution in [0, 0.1) is 6.92 Å². The van der Waals surface area contributed by atoms with Gasteiger partial charge in [-0.3, -0.25) is 0 Å². The summed E-state index contributed by atoms with van der Waals surface area (Å²) in [7, 11) is 0. The van der Waals surface area contributed by atoms with Crippen LogP contribution < -0.4 is 5.32 Å². The predicted molar refractivity (Wildman–Crippen MR) is 98.0 cm³/mol. The van der Waals surface area contributed by atoms with Crippen molar-refractivity contribution >= 4 is 37.5 Å². The molecule has 112 valence electrons. The molecule has 22 heavy (non-hydrogen) atoms. The highest BCUT2D eigenvalue weighted by molar-refractivity contribution is 9.10. The molecule has 3 rings (SSSR count). The summed E-state index contributed by atoms with van der Waals surface area (Å²) in [5.74, 6) is 1.81. The maximum Gasteiger partial charge on any atom is 0.134 e. The second kappa shape index (κ2) is 6.71. The quantitative estimate of drug-likeness (QED) is 0.528. The van der Waals surface area contributed by atoms with E-state index in [0.717, 1.165) is 31.7 Å². The molecule has 1 aromatic heterocycles. The van der Waals surface area contributed by atoms with E-state index in [9.17, 15) is 0 Å². The van der Waals surface area contributed by atoms with Crippen molar-refractivity contribution in [2.45, 2.75) is 13.5 Å². The summed E-state index contributed by atoms with van der Waals surface area (Å²) in [6, 6.07) is 18.3. The number of anilines is 1. The van der Waals surface area contributed by atoms with Gasteiger partial charge in [-0.2, -0.15) is 0 Å². The van der Waals surface area contributed by atoms with Crippen molar-refractivity contribution in [1.29, 1.82) is 0 Å². The Balaban J connectivity index is 1.70. The minimum atomic E-state index is 0.664. The number of rotatable bonds is 4. The molecule has 0 bridgehead atoms. The molecule has 3 aromatic rings. The molecule has 0 saturated carbocycles. The van der Waals surface area contributed by atoms with Crippen molar-refractivity contribution in [3.8, 4) is 11.3 Å². The zero-order valence-corrected chi connectivity index (χ0v) is 15.2. The van der Waals surface area contributed by atoms with Crippen molar-refractivity contribution < 1.29 is 4.42 Å². The van der Waals surface area contributed by atoms with Crippen molar-refractivity contribution in [1.82, 2.24) is 0 Å². The van der Waals surface area contributed by atoms with Crippen LogP contribution in [-0.4, -0.2) is 0 Å². The highest BCUT2D eigenvalue weighted by Gasteiger charge is 2.06. The second-order valence-electron chi connectivity index (χ2n) is 5.09. The molecule has 2 nitrogen and oxygen atoms in total. The van der Waals surface area contributed by atoms with Crippen LogP contribution >= 0.6 is 31.9 Å². The molecule has 0 aliphatic carbocycles. The molecule has 0 spiro atoms. The summed E-state index contributed by atoms with van der Waals surface area (Å²) in [6.45, 7) is 2.74. The Hall–Kier alpha value is -1.52. The highest BCUT2D eigenvalue weighted by Crippen LogP contribution is 2.27. The third-order valence-corrected chi connectivity index (χ3v) is 4.83. The lowest BCUT2D eigenvalue weighted by molar-refractivity contribution is 0.531. The van der Waals surface area contributed by atoms with Crippen LogP contribution in [0.15, 0.2) is 68.0 Å². The number of hydrogen-bond acceptors (Lipinski definition) is 2. The molecular formula is C18H15Br2NO. The zero-order valence-electron chi connectivity index (χ0n) is 12.1. The number of nitrogens with one attached hydrogen (secondary N) is 1. The van der Waals surface area contributed by atoms with Gasteiger partial charge in [0.2, 0.25) is 0 Å². The smallest absolute Gasteiger partial charge is 0.134 e. The molecule has 0 radical (unpaired) electrons. The summed E-state index contributed by atoms with van der Waals surface area (Å²) in [5.41, 5.74) is 3.36. The Labute approximate surface area is 146 Å². The molecule has 0 aliphatic rings. The van der Waals surface area contributed by atoms with E-state index >= 15 is 0 Å². The largest absolute Gasteiger partial charge is 0.459 e. The summed E-state index contributed by atoms with van der Waals surface area (Å²) in [5, 5.41) is 3.35. The summed E-state index contributed by atoms with van der Waals surface area (Å²) >= 11 is 6.95. The van der Waals surface area contributed by atoms with Crippen molar-refractivity contribution in [3.63, 3.8) is 0 Å². The first-order valence-electron chi connectivity index (χ1n) is 6.96. The van der Waals surface area contributed by atoms with E-state index in [1.54, 1.807) is 0 Å². The van der Waals surface area contributed by atoms with E-state index in [1.165, 1.54) is 5.56 Å². The molecular weight excluding hydrogens is 406 g/mol. The molecule has 0 fully saturated rings. The molecule has 0 amide bonds. The van der Waals surface area contributed by atoms with Crippen LogP contribution in [-0.2, 0) is 6.54 Å². The van der Waals surface area contributed by atoms with Gasteiger partial charge < -0.3 is 9.73 Å². The Bertz CT molecular complexity index is 778. The predicted octanol–water partition coefficient (Wildman–Crippen LogP) is 6.39. The van der Waals surface area contributed by atoms with Crippen LogP contribution in [0.5, 0.6) is 0 Å². The van der Waals surface area contributed by atoms with Gasteiger partial charge in [-0.1, -0.05) is 37.9 Å². The number of halogens is 2. The lowest BCUT2D eigenvalue weighted by Gasteiger charge is -2.05. The highest BCUT2D eigenvalue weighted by atomic mass is 79.9. The molecule has 1 heterocycles. The molecule has 2 aromatic carbocycles. The minimum absolute atomic E-state index is 0.664. The fourth-order valence-electron chi connectivity index (χ4n) is 2.18. The van der Waals surface area contributed by atoms with E-state index in [1.807, 2.05) is 42.5 Å². The summed E-state index contributed by atoms with van der Waals surface area (Å²) in [6.07, 6.45) is 0. The van der Waals surface area contributed by atoms with Crippen LogP contribution in [0.3, 0.4) is 0 Å². The zero-order chi connectivity index (χ0) is 15.5. The maximum absolute atomic E-state index is 5.92. The van der Waals surface area contributed by atoms with Gasteiger partial charge in [0.15, 0.2) is 0 Å². The van der Waals surface area contributed by atoms with Gasteiger partial charge in [0, 0.05) is 20.2 Å². The second-order valence-corrected chi connectivity index (χ2v) is 6.86. The van der Waals surface area contributed by atoms with E-state index in [0.29, 0.717) is 6.54 Å². The van der Waals surface area contributed by atoms with Gasteiger partial charge in [0.05, 0.1) is 6.54 Å². The van der Waals surface area contributed by atoms with Crippen LogP contribution in [0.1, 0.15) is 11.3 Å². The molecule has 0 atom stereocenters. The van der Waals surface area contributed by atoms with Gasteiger partial charge in [-0.25, -0.2) is 0 Å². The SMILES string of the molecule is Cc1cc(-c2ccc(CNc3ccc(Br)cc3)o2)ccc1Br. The van der Waals surface area contributed by atoms with E-state index in [-0.39, 0.29) is 0 Å². The van der Waals surface area contributed by atoms with Crippen LogP contribution in [0.4, 0.5) is 5.69 Å². The third-order valence-electron chi connectivity index (χ3n) is 3.42.